The molecule has 3 heterocycles. The highest BCUT2D eigenvalue weighted by Gasteiger charge is 2.28. The van der Waals surface area contributed by atoms with Gasteiger partial charge in [0, 0.05) is 25.5 Å². The van der Waals surface area contributed by atoms with Crippen LogP contribution in [-0.4, -0.2) is 29.2 Å². The predicted octanol–water partition coefficient (Wildman–Crippen LogP) is 4.12. The number of nitrogens with zero attached hydrogens (tertiary/aromatic N) is 2. The number of aromatic nitrogens is 2. The minimum atomic E-state index is 0.353. The van der Waals surface area contributed by atoms with Crippen molar-refractivity contribution in [1.82, 2.24) is 9.97 Å². The molecule has 3 rings (SSSR count). The normalized spacial score (nSPS) is 22.4. The third-order valence-corrected chi connectivity index (χ3v) is 5.18. The molecule has 120 valence electrons. The van der Waals surface area contributed by atoms with Crippen LogP contribution in [0.15, 0.2) is 11.4 Å². The van der Waals surface area contributed by atoms with Gasteiger partial charge in [-0.1, -0.05) is 20.8 Å². The van der Waals surface area contributed by atoms with Gasteiger partial charge in [-0.3, -0.25) is 0 Å². The van der Waals surface area contributed by atoms with Gasteiger partial charge in [-0.15, -0.1) is 11.3 Å². The topological polar surface area (TPSA) is 47.0 Å². The van der Waals surface area contributed by atoms with Crippen LogP contribution in [0.5, 0.6) is 0 Å². The molecule has 0 bridgehead atoms. The molecule has 22 heavy (non-hydrogen) atoms. The summed E-state index contributed by atoms with van der Waals surface area (Å²) >= 11 is 1.68. The van der Waals surface area contributed by atoms with Gasteiger partial charge in [-0.25, -0.2) is 9.97 Å². The van der Waals surface area contributed by atoms with Gasteiger partial charge in [-0.2, -0.15) is 0 Å². The zero-order valence-corrected chi connectivity index (χ0v) is 14.4. The Hall–Kier alpha value is -1.20. The second-order valence-corrected chi connectivity index (χ2v) is 7.24. The van der Waals surface area contributed by atoms with Crippen LogP contribution in [0.4, 0.5) is 5.82 Å². The zero-order chi connectivity index (χ0) is 15.5. The minimum Gasteiger partial charge on any atom is -0.378 e. The molecule has 1 aliphatic rings. The minimum absolute atomic E-state index is 0.353. The second-order valence-electron chi connectivity index (χ2n) is 6.34. The first-order valence-corrected chi connectivity index (χ1v) is 9.16. The van der Waals surface area contributed by atoms with E-state index in [2.05, 4.69) is 47.5 Å². The number of hydrogen-bond acceptors (Lipinski definition) is 5. The maximum absolute atomic E-state index is 5.99. The first-order valence-electron chi connectivity index (χ1n) is 8.28. The number of ether oxygens (including phenoxy) is 1. The smallest absolute Gasteiger partial charge is 0.138 e. The standard InChI is InChI=1S/C17H25N3OS/c1-4-14-19-16(13-7-9-22-17(13)20-14)18-10-12-6-5-8-21-15(12)11(2)3/h7,9,11-12,15H,4-6,8,10H2,1-3H3,(H,18,19,20). The maximum Gasteiger partial charge on any atom is 0.138 e. The van der Waals surface area contributed by atoms with E-state index in [1.165, 1.54) is 6.42 Å². The number of fused-ring (bicyclic) bond motifs is 1. The Morgan fingerprint density at radius 1 is 1.41 bits per heavy atom. The molecule has 2 aromatic rings. The molecule has 0 spiro atoms. The molecular weight excluding hydrogens is 294 g/mol. The van der Waals surface area contributed by atoms with Crippen molar-refractivity contribution in [3.05, 3.63) is 17.3 Å². The summed E-state index contributed by atoms with van der Waals surface area (Å²) in [5.74, 6) is 3.02. The van der Waals surface area contributed by atoms with Gasteiger partial charge in [0.1, 0.15) is 16.5 Å². The van der Waals surface area contributed by atoms with Gasteiger partial charge < -0.3 is 10.1 Å². The van der Waals surface area contributed by atoms with Gasteiger partial charge in [0.2, 0.25) is 0 Å². The SMILES string of the molecule is CCc1nc(NCC2CCCOC2C(C)C)c2ccsc2n1. The first-order chi connectivity index (χ1) is 10.7. The first kappa shape index (κ1) is 15.7. The number of nitrogens with one attached hydrogen (secondary N) is 1. The lowest BCUT2D eigenvalue weighted by Crippen LogP contribution is -2.37. The number of anilines is 1. The molecule has 2 aromatic heterocycles. The van der Waals surface area contributed by atoms with E-state index >= 15 is 0 Å². The third kappa shape index (κ3) is 3.25. The average molecular weight is 319 g/mol. The molecule has 1 fully saturated rings. The fraction of sp³-hybridized carbons (Fsp3) is 0.647. The summed E-state index contributed by atoms with van der Waals surface area (Å²) in [7, 11) is 0. The summed E-state index contributed by atoms with van der Waals surface area (Å²) in [5, 5.41) is 6.81. The van der Waals surface area contributed by atoms with E-state index < -0.39 is 0 Å². The van der Waals surface area contributed by atoms with Crippen molar-refractivity contribution in [2.24, 2.45) is 11.8 Å². The van der Waals surface area contributed by atoms with Crippen molar-refractivity contribution in [3.63, 3.8) is 0 Å². The van der Waals surface area contributed by atoms with Crippen molar-refractivity contribution < 1.29 is 4.74 Å². The van der Waals surface area contributed by atoms with Crippen LogP contribution in [0.1, 0.15) is 39.4 Å². The Balaban J connectivity index is 1.76. The Bertz CT molecular complexity index is 625. The fourth-order valence-electron chi connectivity index (χ4n) is 3.24. The third-order valence-electron chi connectivity index (χ3n) is 4.37. The van der Waals surface area contributed by atoms with Crippen LogP contribution in [0.2, 0.25) is 0 Å². The fourth-order valence-corrected chi connectivity index (χ4v) is 4.02. The lowest BCUT2D eigenvalue weighted by Gasteiger charge is -2.34. The highest BCUT2D eigenvalue weighted by atomic mass is 32.1. The van der Waals surface area contributed by atoms with Gasteiger partial charge in [0.25, 0.3) is 0 Å². The molecule has 1 N–H and O–H groups in total. The van der Waals surface area contributed by atoms with Crippen LogP contribution in [0, 0.1) is 11.8 Å². The van der Waals surface area contributed by atoms with Crippen LogP contribution in [0.3, 0.4) is 0 Å². The van der Waals surface area contributed by atoms with Gasteiger partial charge >= 0.3 is 0 Å². The van der Waals surface area contributed by atoms with Crippen molar-refractivity contribution in [2.75, 3.05) is 18.5 Å². The van der Waals surface area contributed by atoms with E-state index in [9.17, 15) is 0 Å². The van der Waals surface area contributed by atoms with Crippen LogP contribution in [0.25, 0.3) is 10.2 Å². The molecule has 1 saturated heterocycles. The van der Waals surface area contributed by atoms with Crippen LogP contribution < -0.4 is 5.32 Å². The Kier molecular flexibility index (Phi) is 4.93. The molecule has 0 saturated carbocycles. The Morgan fingerprint density at radius 2 is 2.27 bits per heavy atom. The lowest BCUT2D eigenvalue weighted by atomic mass is 9.87. The van der Waals surface area contributed by atoms with E-state index in [4.69, 9.17) is 4.74 Å². The summed E-state index contributed by atoms with van der Waals surface area (Å²) in [5.41, 5.74) is 0. The van der Waals surface area contributed by atoms with Gasteiger partial charge in [-0.05, 0) is 30.2 Å². The van der Waals surface area contributed by atoms with Crippen molar-refractivity contribution in [2.45, 2.75) is 46.1 Å². The molecule has 1 aliphatic heterocycles. The monoisotopic (exact) mass is 319 g/mol. The summed E-state index contributed by atoms with van der Waals surface area (Å²) < 4.78 is 5.99. The highest BCUT2D eigenvalue weighted by Crippen LogP contribution is 2.29. The Morgan fingerprint density at radius 3 is 3.05 bits per heavy atom. The number of thiophene rings is 1. The molecular formula is C17H25N3OS. The van der Waals surface area contributed by atoms with E-state index in [-0.39, 0.29) is 0 Å². The van der Waals surface area contributed by atoms with Crippen molar-refractivity contribution in [1.29, 1.82) is 0 Å². The van der Waals surface area contributed by atoms with Crippen molar-refractivity contribution >= 4 is 27.4 Å². The average Bonchev–Trinajstić information content (AvgIpc) is 3.01. The lowest BCUT2D eigenvalue weighted by molar-refractivity contribution is -0.0480. The molecule has 0 amide bonds. The molecule has 2 unspecified atom stereocenters. The highest BCUT2D eigenvalue weighted by molar-refractivity contribution is 7.16. The molecule has 5 heteroatoms. The zero-order valence-electron chi connectivity index (χ0n) is 13.6. The Labute approximate surface area is 136 Å². The van der Waals surface area contributed by atoms with Gasteiger partial charge in [0.05, 0.1) is 11.5 Å². The number of hydrogen-bond donors (Lipinski definition) is 1. The second kappa shape index (κ2) is 6.92. The summed E-state index contributed by atoms with van der Waals surface area (Å²) in [6.45, 7) is 8.43. The van der Waals surface area contributed by atoms with E-state index in [1.807, 2.05) is 0 Å². The largest absolute Gasteiger partial charge is 0.378 e. The molecule has 2 atom stereocenters. The van der Waals surface area contributed by atoms with E-state index in [1.54, 1.807) is 11.3 Å². The number of rotatable bonds is 5. The summed E-state index contributed by atoms with van der Waals surface area (Å²) in [6.07, 6.45) is 3.61. The molecule has 4 nitrogen and oxygen atoms in total. The van der Waals surface area contributed by atoms with E-state index in [0.29, 0.717) is 17.9 Å². The van der Waals surface area contributed by atoms with Crippen molar-refractivity contribution in [3.8, 4) is 0 Å². The quantitative estimate of drug-likeness (QED) is 0.900. The summed E-state index contributed by atoms with van der Waals surface area (Å²) in [6, 6.07) is 2.11. The van der Waals surface area contributed by atoms with Gasteiger partial charge in [0.15, 0.2) is 0 Å². The molecule has 0 aromatic carbocycles. The molecule has 0 radical (unpaired) electrons. The van der Waals surface area contributed by atoms with Crippen LogP contribution in [-0.2, 0) is 11.2 Å². The number of aryl methyl sites for hydroxylation is 1. The molecule has 0 aliphatic carbocycles. The maximum atomic E-state index is 5.99. The summed E-state index contributed by atoms with van der Waals surface area (Å²) in [4.78, 5) is 10.4. The van der Waals surface area contributed by atoms with Crippen LogP contribution >= 0.6 is 11.3 Å². The van der Waals surface area contributed by atoms with E-state index in [0.717, 1.165) is 47.9 Å². The predicted molar refractivity (Wildman–Crippen MR) is 92.6 cm³/mol.